The molecule has 8 rings (SSSR count). The number of urea groups is 1. The van der Waals surface area contributed by atoms with Crippen molar-refractivity contribution in [3.8, 4) is 5.75 Å². The quantitative estimate of drug-likeness (QED) is 0.134. The molecular weight excluding hydrogens is 681 g/mol. The van der Waals surface area contributed by atoms with Crippen molar-refractivity contribution in [2.24, 2.45) is 0 Å². The first-order valence-electron chi connectivity index (χ1n) is 16.9. The summed E-state index contributed by atoms with van der Waals surface area (Å²) in [7, 11) is 0. The first-order valence-corrected chi connectivity index (χ1v) is 17.7. The molecule has 0 saturated carbocycles. The van der Waals surface area contributed by atoms with Crippen LogP contribution in [0.5, 0.6) is 5.75 Å². The minimum atomic E-state index is -0.767. The Hall–Kier alpha value is -5.37. The number of ether oxygens (including phenoxy) is 1. The molecule has 9 heteroatoms. The lowest BCUT2D eigenvalue weighted by Gasteiger charge is -2.44. The third kappa shape index (κ3) is 6.39. The number of nitrogens with one attached hydrogen (secondary N) is 1. The second-order valence-electron chi connectivity index (χ2n) is 13.0. The first-order chi connectivity index (χ1) is 24.8. The molecule has 254 valence electrons. The molecule has 4 amide bonds. The summed E-state index contributed by atoms with van der Waals surface area (Å²) in [5.41, 5.74) is 7.50. The number of carbonyl (C=O) groups excluding carboxylic acids is 3. The number of amides is 4. The lowest BCUT2D eigenvalue weighted by Crippen LogP contribution is -2.54. The standard InChI is InChI=1S/C42H33Cl2N3O4/c43-37-16-13-27(22-38(37)44)25-51-31-14-11-26(12-15-31)21-36-40(48)45-42(50)47(41(36)49)30-23-34-32(28-7-3-1-4-8-28)17-19-46-20-18-33(35(24-30)39(34)46)29-9-5-2-6-10-29/h1-16,21-24,32-33H,17-20,25H2,(H,45,48,50)/b36-21+/t32-,33+. The molecule has 1 N–H and O–H groups in total. The van der Waals surface area contributed by atoms with Gasteiger partial charge in [0.25, 0.3) is 11.8 Å². The molecule has 5 aromatic rings. The summed E-state index contributed by atoms with van der Waals surface area (Å²) < 4.78 is 5.90. The third-order valence-electron chi connectivity index (χ3n) is 9.94. The first kappa shape index (κ1) is 32.8. The Morgan fingerprint density at radius 2 is 1.33 bits per heavy atom. The van der Waals surface area contributed by atoms with Gasteiger partial charge >= 0.3 is 6.03 Å². The van der Waals surface area contributed by atoms with E-state index >= 15 is 0 Å². The molecule has 0 unspecified atom stereocenters. The van der Waals surface area contributed by atoms with Crippen LogP contribution >= 0.6 is 23.2 Å². The SMILES string of the molecule is O=C1NC(=O)N(c2cc3c4c(c2)[C@H](c2ccccc2)CCN4CC[C@@H]3c2ccccc2)C(=O)/C1=C/c1ccc(OCc2ccc(Cl)c(Cl)c2)cc1. The normalized spacial score (nSPS) is 19.2. The number of hydrogen-bond acceptors (Lipinski definition) is 5. The fourth-order valence-corrected chi connectivity index (χ4v) is 7.80. The van der Waals surface area contributed by atoms with E-state index in [1.54, 1.807) is 36.4 Å². The number of barbiturate groups is 1. The maximum Gasteiger partial charge on any atom is 0.335 e. The van der Waals surface area contributed by atoms with Gasteiger partial charge in [-0.15, -0.1) is 0 Å². The van der Waals surface area contributed by atoms with Crippen molar-refractivity contribution in [1.29, 1.82) is 0 Å². The second kappa shape index (κ2) is 13.7. The smallest absolute Gasteiger partial charge is 0.335 e. The minimum absolute atomic E-state index is 0.0858. The van der Waals surface area contributed by atoms with Crippen LogP contribution in [0, 0.1) is 0 Å². The van der Waals surface area contributed by atoms with E-state index in [4.69, 9.17) is 27.9 Å². The van der Waals surface area contributed by atoms with Crippen molar-refractivity contribution in [2.45, 2.75) is 31.3 Å². The van der Waals surface area contributed by atoms with Gasteiger partial charge in [-0.2, -0.15) is 0 Å². The van der Waals surface area contributed by atoms with Crippen molar-refractivity contribution in [3.63, 3.8) is 0 Å². The van der Waals surface area contributed by atoms with Gasteiger partial charge in [0, 0.05) is 30.6 Å². The largest absolute Gasteiger partial charge is 0.489 e. The van der Waals surface area contributed by atoms with Gasteiger partial charge in [0.05, 0.1) is 15.7 Å². The highest BCUT2D eigenvalue weighted by Crippen LogP contribution is 2.50. The molecule has 3 aliphatic heterocycles. The summed E-state index contributed by atoms with van der Waals surface area (Å²) in [5.74, 6) is -0.648. The number of hydrogen-bond donors (Lipinski definition) is 1. The molecule has 1 fully saturated rings. The van der Waals surface area contributed by atoms with Gasteiger partial charge in [-0.25, -0.2) is 9.69 Å². The summed E-state index contributed by atoms with van der Waals surface area (Å²) >= 11 is 12.1. The van der Waals surface area contributed by atoms with Gasteiger partial charge in [0.1, 0.15) is 17.9 Å². The van der Waals surface area contributed by atoms with Gasteiger partial charge in [0.2, 0.25) is 0 Å². The highest BCUT2D eigenvalue weighted by molar-refractivity contribution is 6.42. The van der Waals surface area contributed by atoms with Crippen LogP contribution in [-0.2, 0) is 16.2 Å². The van der Waals surface area contributed by atoms with Crippen LogP contribution < -0.4 is 19.9 Å². The van der Waals surface area contributed by atoms with Crippen molar-refractivity contribution in [2.75, 3.05) is 22.9 Å². The number of benzene rings is 5. The molecule has 3 heterocycles. The van der Waals surface area contributed by atoms with Crippen molar-refractivity contribution >= 4 is 58.5 Å². The molecule has 0 spiro atoms. The Labute approximate surface area is 306 Å². The maximum atomic E-state index is 14.2. The van der Waals surface area contributed by atoms with Crippen LogP contribution in [0.2, 0.25) is 10.0 Å². The Bertz CT molecular complexity index is 2120. The molecule has 51 heavy (non-hydrogen) atoms. The van der Waals surface area contributed by atoms with Gasteiger partial charge in [-0.1, -0.05) is 102 Å². The average molecular weight is 715 g/mol. The topological polar surface area (TPSA) is 79.0 Å². The van der Waals surface area contributed by atoms with Crippen LogP contribution in [0.4, 0.5) is 16.2 Å². The molecular formula is C42H33Cl2N3O4. The predicted octanol–water partition coefficient (Wildman–Crippen LogP) is 9.12. The van der Waals surface area contributed by atoms with Crippen LogP contribution in [0.15, 0.2) is 121 Å². The van der Waals surface area contributed by atoms with Gasteiger partial charge in [-0.05, 0) is 88.7 Å². The van der Waals surface area contributed by atoms with E-state index in [1.807, 2.05) is 54.6 Å². The highest BCUT2D eigenvalue weighted by Gasteiger charge is 2.40. The minimum Gasteiger partial charge on any atom is -0.489 e. The third-order valence-corrected chi connectivity index (χ3v) is 10.7. The second-order valence-corrected chi connectivity index (χ2v) is 13.8. The monoisotopic (exact) mass is 713 g/mol. The van der Waals surface area contributed by atoms with Crippen LogP contribution in [0.3, 0.4) is 0 Å². The predicted molar refractivity (Wildman–Crippen MR) is 201 cm³/mol. The summed E-state index contributed by atoms with van der Waals surface area (Å²) in [5, 5.41) is 3.34. The molecule has 7 nitrogen and oxygen atoms in total. The van der Waals surface area contributed by atoms with E-state index in [0.29, 0.717) is 27.0 Å². The highest BCUT2D eigenvalue weighted by atomic mass is 35.5. The lowest BCUT2D eigenvalue weighted by molar-refractivity contribution is -0.122. The summed E-state index contributed by atoms with van der Waals surface area (Å²) in [4.78, 5) is 44.4. The molecule has 3 aliphatic rings. The maximum absolute atomic E-state index is 14.2. The van der Waals surface area contributed by atoms with E-state index in [0.717, 1.165) is 47.5 Å². The van der Waals surface area contributed by atoms with Gasteiger partial charge in [-0.3, -0.25) is 14.9 Å². The number of nitrogens with zero attached hydrogens (tertiary/aromatic N) is 2. The van der Waals surface area contributed by atoms with E-state index in [-0.39, 0.29) is 24.0 Å². The molecule has 2 atom stereocenters. The van der Waals surface area contributed by atoms with Gasteiger partial charge in [0.15, 0.2) is 0 Å². The summed E-state index contributed by atoms with van der Waals surface area (Å²) in [6, 6.07) is 36.3. The van der Waals surface area contributed by atoms with Crippen LogP contribution in [-0.4, -0.2) is 30.9 Å². The zero-order valence-electron chi connectivity index (χ0n) is 27.5. The van der Waals surface area contributed by atoms with Crippen molar-refractivity contribution < 1.29 is 19.1 Å². The number of halogens is 2. The molecule has 5 aromatic carbocycles. The van der Waals surface area contributed by atoms with E-state index in [2.05, 4.69) is 34.5 Å². The van der Waals surface area contributed by atoms with Crippen LogP contribution in [0.1, 0.15) is 58.1 Å². The summed E-state index contributed by atoms with van der Waals surface area (Å²) in [6.07, 6.45) is 3.32. The van der Waals surface area contributed by atoms with Crippen molar-refractivity contribution in [3.05, 3.63) is 164 Å². The molecule has 0 radical (unpaired) electrons. The fourth-order valence-electron chi connectivity index (χ4n) is 7.48. The lowest BCUT2D eigenvalue weighted by atomic mass is 9.76. The van der Waals surface area contributed by atoms with Crippen molar-refractivity contribution in [1.82, 2.24) is 5.32 Å². The Kier molecular flexibility index (Phi) is 8.84. The number of anilines is 2. The van der Waals surface area contributed by atoms with Gasteiger partial charge < -0.3 is 9.64 Å². The Balaban J connectivity index is 1.14. The molecule has 0 aromatic heterocycles. The van der Waals surface area contributed by atoms with E-state index in [1.165, 1.54) is 22.9 Å². The number of imide groups is 2. The van der Waals surface area contributed by atoms with Crippen LogP contribution in [0.25, 0.3) is 6.08 Å². The summed E-state index contributed by atoms with van der Waals surface area (Å²) in [6.45, 7) is 2.13. The Morgan fingerprint density at radius 3 is 1.92 bits per heavy atom. The fraction of sp³-hybridized carbons (Fsp3) is 0.167. The van der Waals surface area contributed by atoms with E-state index in [9.17, 15) is 14.4 Å². The Morgan fingerprint density at radius 1 is 0.725 bits per heavy atom. The van der Waals surface area contributed by atoms with E-state index < -0.39 is 17.8 Å². The zero-order chi connectivity index (χ0) is 35.1. The average Bonchev–Trinajstić information content (AvgIpc) is 3.15. The zero-order valence-corrected chi connectivity index (χ0v) is 29.0. The number of carbonyl (C=O) groups is 3. The number of rotatable bonds is 7. The molecule has 1 saturated heterocycles. The molecule has 0 bridgehead atoms. The molecule has 0 aliphatic carbocycles.